The fraction of sp³-hybridized carbons (Fsp3) is 0. The van der Waals surface area contributed by atoms with Gasteiger partial charge in [-0.25, -0.2) is 8.78 Å². The number of rotatable bonds is 2. The predicted octanol–water partition coefficient (Wildman–Crippen LogP) is 3.49. The Hall–Kier alpha value is -1.81. The molecule has 2 aromatic rings. The van der Waals surface area contributed by atoms with Crippen LogP contribution in [0.15, 0.2) is 30.5 Å². The number of hydrogen-bond donors (Lipinski definition) is 0. The van der Waals surface area contributed by atoms with Gasteiger partial charge in [-0.15, -0.1) is 0 Å². The van der Waals surface area contributed by atoms with E-state index in [9.17, 15) is 13.6 Å². The fourth-order valence-electron chi connectivity index (χ4n) is 1.40. The third kappa shape index (κ3) is 2.17. The van der Waals surface area contributed by atoms with Crippen molar-refractivity contribution in [2.24, 2.45) is 0 Å². The molecule has 0 saturated carbocycles. The zero-order valence-electron chi connectivity index (χ0n) is 8.45. The molecule has 0 N–H and O–H groups in total. The van der Waals surface area contributed by atoms with Gasteiger partial charge >= 0.3 is 0 Å². The van der Waals surface area contributed by atoms with Gasteiger partial charge in [-0.1, -0.05) is 17.7 Å². The molecule has 17 heavy (non-hydrogen) atoms. The van der Waals surface area contributed by atoms with Crippen LogP contribution in [-0.2, 0) is 0 Å². The first kappa shape index (κ1) is 11.7. The highest BCUT2D eigenvalue weighted by atomic mass is 35.5. The Morgan fingerprint density at radius 3 is 2.71 bits per heavy atom. The van der Waals surface area contributed by atoms with Crippen molar-refractivity contribution in [3.8, 4) is 11.3 Å². The molecule has 1 aromatic heterocycles. The predicted molar refractivity (Wildman–Crippen MR) is 60.0 cm³/mol. The quantitative estimate of drug-likeness (QED) is 0.767. The number of nitrogens with zero attached hydrogens (tertiary/aromatic N) is 1. The first-order valence-electron chi connectivity index (χ1n) is 4.68. The molecule has 86 valence electrons. The van der Waals surface area contributed by atoms with Crippen LogP contribution in [0.25, 0.3) is 11.3 Å². The standard InChI is InChI=1S/C12H6ClF2NO/c13-9-4-7(6-17)5-16-12(9)8-2-1-3-10(14)11(8)15/h1-6H. The van der Waals surface area contributed by atoms with Crippen LogP contribution >= 0.6 is 11.6 Å². The van der Waals surface area contributed by atoms with Crippen LogP contribution in [0.2, 0.25) is 5.02 Å². The molecule has 1 aromatic carbocycles. The minimum Gasteiger partial charge on any atom is -0.298 e. The summed E-state index contributed by atoms with van der Waals surface area (Å²) in [7, 11) is 0. The normalized spacial score (nSPS) is 10.3. The molecule has 2 nitrogen and oxygen atoms in total. The van der Waals surface area contributed by atoms with Gasteiger partial charge in [-0.3, -0.25) is 9.78 Å². The van der Waals surface area contributed by atoms with E-state index in [1.165, 1.54) is 24.4 Å². The summed E-state index contributed by atoms with van der Waals surface area (Å²) in [6, 6.07) is 5.08. The monoisotopic (exact) mass is 253 g/mol. The zero-order chi connectivity index (χ0) is 12.4. The van der Waals surface area contributed by atoms with Gasteiger partial charge in [-0.2, -0.15) is 0 Å². The minimum atomic E-state index is -1.01. The molecular formula is C12H6ClF2NO. The van der Waals surface area contributed by atoms with Crippen molar-refractivity contribution in [1.29, 1.82) is 0 Å². The second kappa shape index (κ2) is 4.59. The Morgan fingerprint density at radius 2 is 2.06 bits per heavy atom. The highest BCUT2D eigenvalue weighted by Gasteiger charge is 2.14. The van der Waals surface area contributed by atoms with E-state index < -0.39 is 11.6 Å². The van der Waals surface area contributed by atoms with Crippen molar-refractivity contribution >= 4 is 17.9 Å². The van der Waals surface area contributed by atoms with E-state index >= 15 is 0 Å². The fourth-order valence-corrected chi connectivity index (χ4v) is 1.68. The lowest BCUT2D eigenvalue weighted by Gasteiger charge is -2.05. The Kier molecular flexibility index (Phi) is 3.15. The summed E-state index contributed by atoms with van der Waals surface area (Å²) in [4.78, 5) is 14.3. The number of aldehydes is 1. The summed E-state index contributed by atoms with van der Waals surface area (Å²) < 4.78 is 26.5. The highest BCUT2D eigenvalue weighted by molar-refractivity contribution is 6.33. The Balaban J connectivity index is 2.61. The van der Waals surface area contributed by atoms with Gasteiger partial charge in [0.15, 0.2) is 17.9 Å². The number of carbonyl (C=O) groups is 1. The van der Waals surface area contributed by atoms with Gasteiger partial charge in [0.05, 0.1) is 10.7 Å². The maximum atomic E-state index is 13.5. The second-order valence-electron chi connectivity index (χ2n) is 3.32. The molecule has 0 spiro atoms. The first-order valence-corrected chi connectivity index (χ1v) is 5.06. The third-order valence-corrected chi connectivity index (χ3v) is 2.49. The molecule has 1 heterocycles. The summed E-state index contributed by atoms with van der Waals surface area (Å²) in [6.45, 7) is 0. The van der Waals surface area contributed by atoms with E-state index in [2.05, 4.69) is 4.98 Å². The van der Waals surface area contributed by atoms with Gasteiger partial charge < -0.3 is 0 Å². The molecule has 2 rings (SSSR count). The van der Waals surface area contributed by atoms with Crippen molar-refractivity contribution in [3.63, 3.8) is 0 Å². The molecule has 0 aliphatic rings. The van der Waals surface area contributed by atoms with E-state index in [0.717, 1.165) is 6.07 Å². The lowest BCUT2D eigenvalue weighted by atomic mass is 10.1. The zero-order valence-corrected chi connectivity index (χ0v) is 9.21. The van der Waals surface area contributed by atoms with E-state index in [4.69, 9.17) is 11.6 Å². The van der Waals surface area contributed by atoms with Crippen molar-refractivity contribution < 1.29 is 13.6 Å². The van der Waals surface area contributed by atoms with Crippen LogP contribution in [0.5, 0.6) is 0 Å². The van der Waals surface area contributed by atoms with Crippen LogP contribution in [0.3, 0.4) is 0 Å². The van der Waals surface area contributed by atoms with Crippen LogP contribution < -0.4 is 0 Å². The summed E-state index contributed by atoms with van der Waals surface area (Å²) in [5.74, 6) is -1.99. The van der Waals surface area contributed by atoms with Gasteiger partial charge in [-0.05, 0) is 18.2 Å². The molecule has 0 aliphatic heterocycles. The van der Waals surface area contributed by atoms with E-state index in [0.29, 0.717) is 6.29 Å². The van der Waals surface area contributed by atoms with Crippen molar-refractivity contribution in [3.05, 3.63) is 52.7 Å². The Labute approximate surface area is 101 Å². The number of benzene rings is 1. The second-order valence-corrected chi connectivity index (χ2v) is 3.73. The summed E-state index contributed by atoms with van der Waals surface area (Å²) in [5.41, 5.74) is 0.345. The topological polar surface area (TPSA) is 30.0 Å². The SMILES string of the molecule is O=Cc1cnc(-c2cccc(F)c2F)c(Cl)c1. The number of hydrogen-bond acceptors (Lipinski definition) is 2. The van der Waals surface area contributed by atoms with Gasteiger partial charge in [0, 0.05) is 17.3 Å². The summed E-state index contributed by atoms with van der Waals surface area (Å²) >= 11 is 5.86. The lowest BCUT2D eigenvalue weighted by molar-refractivity contribution is 0.112. The van der Waals surface area contributed by atoms with Crippen LogP contribution in [0.1, 0.15) is 10.4 Å². The molecular weight excluding hydrogens is 248 g/mol. The number of pyridine rings is 1. The molecule has 0 fully saturated rings. The number of carbonyl (C=O) groups excluding carboxylic acids is 1. The third-order valence-electron chi connectivity index (χ3n) is 2.21. The van der Waals surface area contributed by atoms with Gasteiger partial charge in [0.25, 0.3) is 0 Å². The van der Waals surface area contributed by atoms with E-state index in [1.807, 2.05) is 0 Å². The molecule has 0 bridgehead atoms. The van der Waals surface area contributed by atoms with Gasteiger partial charge in [0.1, 0.15) is 0 Å². The van der Waals surface area contributed by atoms with Gasteiger partial charge in [0.2, 0.25) is 0 Å². The van der Waals surface area contributed by atoms with Crippen molar-refractivity contribution in [1.82, 2.24) is 4.98 Å². The van der Waals surface area contributed by atoms with E-state index in [1.54, 1.807) is 0 Å². The molecule has 0 saturated heterocycles. The van der Waals surface area contributed by atoms with Crippen LogP contribution in [-0.4, -0.2) is 11.3 Å². The minimum absolute atomic E-state index is 0.0348. The average Bonchev–Trinajstić information content (AvgIpc) is 2.33. The molecule has 0 atom stereocenters. The number of halogens is 3. The van der Waals surface area contributed by atoms with Crippen LogP contribution in [0, 0.1) is 11.6 Å². The largest absolute Gasteiger partial charge is 0.298 e. The molecule has 0 aliphatic carbocycles. The van der Waals surface area contributed by atoms with E-state index in [-0.39, 0.29) is 21.8 Å². The Morgan fingerprint density at radius 1 is 1.29 bits per heavy atom. The summed E-state index contributed by atoms with van der Waals surface area (Å²) in [6.07, 6.45) is 1.82. The van der Waals surface area contributed by atoms with Crippen molar-refractivity contribution in [2.45, 2.75) is 0 Å². The van der Waals surface area contributed by atoms with Crippen LogP contribution in [0.4, 0.5) is 8.78 Å². The number of aromatic nitrogens is 1. The first-order chi connectivity index (χ1) is 8.13. The summed E-state index contributed by atoms with van der Waals surface area (Å²) in [5, 5.41) is 0.0964. The maximum absolute atomic E-state index is 13.5. The lowest BCUT2D eigenvalue weighted by Crippen LogP contribution is -1.94. The molecule has 0 unspecified atom stereocenters. The Bertz CT molecular complexity index is 587. The van der Waals surface area contributed by atoms with Crippen molar-refractivity contribution in [2.75, 3.05) is 0 Å². The molecule has 0 amide bonds. The molecule has 0 radical (unpaired) electrons. The smallest absolute Gasteiger partial charge is 0.168 e. The average molecular weight is 254 g/mol. The molecule has 5 heteroatoms. The maximum Gasteiger partial charge on any atom is 0.168 e. The highest BCUT2D eigenvalue weighted by Crippen LogP contribution is 2.29.